The highest BCUT2D eigenvalue weighted by Gasteiger charge is 2.29. The average Bonchev–Trinajstić information content (AvgIpc) is 2.51. The van der Waals surface area contributed by atoms with Crippen LogP contribution < -0.4 is 4.31 Å². The quantitative estimate of drug-likeness (QED) is 0.809. The first-order valence-electron chi connectivity index (χ1n) is 6.87. The highest BCUT2D eigenvalue weighted by molar-refractivity contribution is 9.10. The molecule has 2 aromatic carbocycles. The van der Waals surface area contributed by atoms with Crippen LogP contribution in [0.4, 0.5) is 5.69 Å². The van der Waals surface area contributed by atoms with Gasteiger partial charge in [-0.3, -0.25) is 4.31 Å². The Morgan fingerprint density at radius 3 is 2.52 bits per heavy atom. The third-order valence-corrected chi connectivity index (χ3v) is 6.58. The minimum Gasteiger partial charge on any atom is -0.266 e. The predicted molar refractivity (Wildman–Crippen MR) is 88.2 cm³/mol. The van der Waals surface area contributed by atoms with Crippen molar-refractivity contribution in [1.29, 1.82) is 0 Å². The maximum atomic E-state index is 12.9. The van der Waals surface area contributed by atoms with Crippen LogP contribution in [0.1, 0.15) is 17.5 Å². The van der Waals surface area contributed by atoms with Crippen molar-refractivity contribution in [3.63, 3.8) is 0 Å². The van der Waals surface area contributed by atoms with Crippen LogP contribution in [-0.2, 0) is 16.4 Å². The number of hydrogen-bond donors (Lipinski definition) is 0. The fourth-order valence-corrected chi connectivity index (χ4v) is 4.68. The standard InChI is InChI=1S/C16H16BrNO2S/c1-12-14-8-5-11-18(16(14)10-9-15(12)17)21(19,20)13-6-3-2-4-7-13/h2-4,6-7,9-10H,5,8,11H2,1H3. The predicted octanol–water partition coefficient (Wildman–Crippen LogP) is 3.90. The SMILES string of the molecule is Cc1c(Br)ccc2c1CCCN2S(=O)(=O)c1ccccc1. The highest BCUT2D eigenvalue weighted by atomic mass is 79.9. The lowest BCUT2D eigenvalue weighted by atomic mass is 9.99. The minimum atomic E-state index is -3.49. The van der Waals surface area contributed by atoms with Crippen molar-refractivity contribution in [3.05, 3.63) is 58.1 Å². The fraction of sp³-hybridized carbons (Fsp3) is 0.250. The Labute approximate surface area is 133 Å². The van der Waals surface area contributed by atoms with Gasteiger partial charge in [0.05, 0.1) is 10.6 Å². The summed E-state index contributed by atoms with van der Waals surface area (Å²) in [7, 11) is -3.49. The molecule has 0 atom stereocenters. The zero-order chi connectivity index (χ0) is 15.0. The molecule has 0 spiro atoms. The van der Waals surface area contributed by atoms with Gasteiger partial charge in [0.2, 0.25) is 0 Å². The number of benzene rings is 2. The lowest BCUT2D eigenvalue weighted by Crippen LogP contribution is -2.35. The number of sulfonamides is 1. The summed E-state index contributed by atoms with van der Waals surface area (Å²) < 4.78 is 28.3. The van der Waals surface area contributed by atoms with Gasteiger partial charge in [-0.1, -0.05) is 34.1 Å². The van der Waals surface area contributed by atoms with E-state index in [1.807, 2.05) is 25.1 Å². The van der Waals surface area contributed by atoms with Crippen LogP contribution in [0.25, 0.3) is 0 Å². The summed E-state index contributed by atoms with van der Waals surface area (Å²) in [6.07, 6.45) is 1.76. The Kier molecular flexibility index (Phi) is 3.80. The molecule has 0 aromatic heterocycles. The van der Waals surface area contributed by atoms with Crippen molar-refractivity contribution >= 4 is 31.6 Å². The molecule has 0 radical (unpaired) electrons. The third-order valence-electron chi connectivity index (χ3n) is 3.90. The van der Waals surface area contributed by atoms with Gasteiger partial charge in [-0.25, -0.2) is 8.42 Å². The van der Waals surface area contributed by atoms with Crippen LogP contribution in [0.5, 0.6) is 0 Å². The molecule has 0 fully saturated rings. The Balaban J connectivity index is 2.13. The molecule has 0 amide bonds. The van der Waals surface area contributed by atoms with E-state index >= 15 is 0 Å². The van der Waals surface area contributed by atoms with Gasteiger partial charge in [-0.2, -0.15) is 0 Å². The molecule has 0 saturated heterocycles. The molecule has 5 heteroatoms. The highest BCUT2D eigenvalue weighted by Crippen LogP contribution is 2.36. The third kappa shape index (κ3) is 2.49. The molecule has 0 aliphatic carbocycles. The zero-order valence-corrected chi connectivity index (χ0v) is 14.1. The summed E-state index contributed by atoms with van der Waals surface area (Å²) in [6, 6.07) is 12.4. The first kappa shape index (κ1) is 14.6. The molecule has 1 aliphatic rings. The molecule has 110 valence electrons. The monoisotopic (exact) mass is 365 g/mol. The lowest BCUT2D eigenvalue weighted by Gasteiger charge is -2.31. The maximum absolute atomic E-state index is 12.9. The molecular formula is C16H16BrNO2S. The number of hydrogen-bond acceptors (Lipinski definition) is 2. The second-order valence-corrected chi connectivity index (χ2v) is 7.88. The molecule has 0 bridgehead atoms. The molecule has 0 saturated carbocycles. The summed E-state index contributed by atoms with van der Waals surface area (Å²) in [4.78, 5) is 0.346. The summed E-state index contributed by atoms with van der Waals surface area (Å²) in [5.74, 6) is 0. The Hall–Kier alpha value is -1.33. The summed E-state index contributed by atoms with van der Waals surface area (Å²) in [6.45, 7) is 2.56. The molecule has 1 aliphatic heterocycles. The van der Waals surface area contributed by atoms with Gasteiger partial charge < -0.3 is 0 Å². The van der Waals surface area contributed by atoms with E-state index in [9.17, 15) is 8.42 Å². The van der Waals surface area contributed by atoms with E-state index in [4.69, 9.17) is 0 Å². The van der Waals surface area contributed by atoms with E-state index in [-0.39, 0.29) is 0 Å². The molecule has 0 N–H and O–H groups in total. The molecule has 1 heterocycles. The Bertz CT molecular complexity index is 772. The number of halogens is 1. The fourth-order valence-electron chi connectivity index (χ4n) is 2.75. The molecule has 2 aromatic rings. The van der Waals surface area contributed by atoms with E-state index in [0.29, 0.717) is 11.4 Å². The van der Waals surface area contributed by atoms with E-state index in [2.05, 4.69) is 15.9 Å². The molecule has 3 rings (SSSR count). The topological polar surface area (TPSA) is 37.4 Å². The minimum absolute atomic E-state index is 0.346. The molecule has 0 unspecified atom stereocenters. The number of rotatable bonds is 2. The molecular weight excluding hydrogens is 350 g/mol. The van der Waals surface area contributed by atoms with E-state index in [0.717, 1.165) is 34.1 Å². The van der Waals surface area contributed by atoms with Crippen LogP contribution >= 0.6 is 15.9 Å². The maximum Gasteiger partial charge on any atom is 0.264 e. The van der Waals surface area contributed by atoms with Crippen LogP contribution in [-0.4, -0.2) is 15.0 Å². The van der Waals surface area contributed by atoms with E-state index < -0.39 is 10.0 Å². The van der Waals surface area contributed by atoms with Gasteiger partial charge in [0, 0.05) is 11.0 Å². The number of nitrogens with zero attached hydrogens (tertiary/aromatic N) is 1. The summed E-state index contributed by atoms with van der Waals surface area (Å²) >= 11 is 3.52. The first-order chi connectivity index (χ1) is 10.0. The molecule has 3 nitrogen and oxygen atoms in total. The average molecular weight is 366 g/mol. The van der Waals surface area contributed by atoms with Crippen LogP contribution in [0.15, 0.2) is 51.8 Å². The Morgan fingerprint density at radius 1 is 1.10 bits per heavy atom. The van der Waals surface area contributed by atoms with Gasteiger partial charge >= 0.3 is 0 Å². The van der Waals surface area contributed by atoms with Crippen molar-refractivity contribution in [2.45, 2.75) is 24.7 Å². The normalized spacial score (nSPS) is 14.9. The van der Waals surface area contributed by atoms with Crippen molar-refractivity contribution in [2.24, 2.45) is 0 Å². The largest absolute Gasteiger partial charge is 0.266 e. The number of fused-ring (bicyclic) bond motifs is 1. The number of anilines is 1. The van der Waals surface area contributed by atoms with Gasteiger partial charge in [0.15, 0.2) is 0 Å². The second-order valence-electron chi connectivity index (χ2n) is 5.16. The van der Waals surface area contributed by atoms with Gasteiger partial charge in [-0.05, 0) is 55.2 Å². The first-order valence-corrected chi connectivity index (χ1v) is 9.11. The van der Waals surface area contributed by atoms with Gasteiger partial charge in [0.25, 0.3) is 10.0 Å². The van der Waals surface area contributed by atoms with Crippen LogP contribution in [0.3, 0.4) is 0 Å². The van der Waals surface area contributed by atoms with Crippen molar-refractivity contribution < 1.29 is 8.42 Å². The van der Waals surface area contributed by atoms with Crippen LogP contribution in [0.2, 0.25) is 0 Å². The van der Waals surface area contributed by atoms with Gasteiger partial charge in [-0.15, -0.1) is 0 Å². The molecule has 21 heavy (non-hydrogen) atoms. The lowest BCUT2D eigenvalue weighted by molar-refractivity contribution is 0.586. The van der Waals surface area contributed by atoms with Gasteiger partial charge in [0.1, 0.15) is 0 Å². The van der Waals surface area contributed by atoms with Crippen LogP contribution in [0, 0.1) is 6.92 Å². The Morgan fingerprint density at radius 2 is 1.81 bits per heavy atom. The second kappa shape index (κ2) is 5.46. The summed E-state index contributed by atoms with van der Waals surface area (Å²) in [5, 5.41) is 0. The smallest absolute Gasteiger partial charge is 0.264 e. The summed E-state index contributed by atoms with van der Waals surface area (Å²) in [5.41, 5.74) is 3.06. The van der Waals surface area contributed by atoms with E-state index in [1.165, 1.54) is 0 Å². The van der Waals surface area contributed by atoms with Crippen molar-refractivity contribution in [2.75, 3.05) is 10.8 Å². The van der Waals surface area contributed by atoms with Crippen molar-refractivity contribution in [3.8, 4) is 0 Å². The zero-order valence-electron chi connectivity index (χ0n) is 11.7. The van der Waals surface area contributed by atoms with Crippen molar-refractivity contribution in [1.82, 2.24) is 0 Å². The van der Waals surface area contributed by atoms with E-state index in [1.54, 1.807) is 28.6 Å².